The first-order valence-electron chi connectivity index (χ1n) is 5.90. The smallest absolute Gasteiger partial charge is 0.228 e. The summed E-state index contributed by atoms with van der Waals surface area (Å²) in [5.74, 6) is -0.309. The van der Waals surface area contributed by atoms with Gasteiger partial charge in [0, 0.05) is 6.54 Å². The third kappa shape index (κ3) is 4.20. The first kappa shape index (κ1) is 15.4. The average Bonchev–Trinajstić information content (AvgIpc) is 2.31. The van der Waals surface area contributed by atoms with E-state index < -0.39 is 0 Å². The van der Waals surface area contributed by atoms with Crippen LogP contribution >= 0.6 is 22.6 Å². The van der Waals surface area contributed by atoms with Crippen molar-refractivity contribution < 1.29 is 9.18 Å². The lowest BCUT2D eigenvalue weighted by Gasteiger charge is -2.17. The largest absolute Gasteiger partial charge is 0.330 e. The Hall–Kier alpha value is -0.690. The van der Waals surface area contributed by atoms with Gasteiger partial charge >= 0.3 is 0 Å². The van der Waals surface area contributed by atoms with Crippen LogP contribution in [0, 0.1) is 21.2 Å². The minimum atomic E-state index is -0.332. The molecular formula is C13H18FIN2O. The number of nitrogens with one attached hydrogen (secondary N) is 1. The lowest BCUT2D eigenvalue weighted by Crippen LogP contribution is -2.30. The second-order valence-electron chi connectivity index (χ2n) is 4.65. The molecule has 18 heavy (non-hydrogen) atoms. The third-order valence-electron chi connectivity index (χ3n) is 2.62. The van der Waals surface area contributed by atoms with Crippen molar-refractivity contribution in [1.82, 2.24) is 0 Å². The number of hydrogen-bond donors (Lipinski definition) is 2. The van der Waals surface area contributed by atoms with E-state index in [2.05, 4.69) is 5.32 Å². The zero-order valence-corrected chi connectivity index (χ0v) is 12.7. The quantitative estimate of drug-likeness (QED) is 0.790. The maximum Gasteiger partial charge on any atom is 0.228 e. The second kappa shape index (κ2) is 7.04. The van der Waals surface area contributed by atoms with Gasteiger partial charge in [-0.3, -0.25) is 4.79 Å². The van der Waals surface area contributed by atoms with E-state index in [0.29, 0.717) is 21.7 Å². The molecule has 0 radical (unpaired) electrons. The van der Waals surface area contributed by atoms with E-state index in [1.807, 2.05) is 36.4 Å². The summed E-state index contributed by atoms with van der Waals surface area (Å²) >= 11 is 1.88. The van der Waals surface area contributed by atoms with Crippen LogP contribution in [-0.2, 0) is 4.79 Å². The van der Waals surface area contributed by atoms with E-state index in [0.717, 1.165) is 6.42 Å². The Labute approximate surface area is 120 Å². The van der Waals surface area contributed by atoms with Gasteiger partial charge in [0.05, 0.1) is 15.2 Å². The van der Waals surface area contributed by atoms with E-state index in [4.69, 9.17) is 5.73 Å². The van der Waals surface area contributed by atoms with Crippen LogP contribution in [0.4, 0.5) is 10.1 Å². The van der Waals surface area contributed by atoms with Crippen molar-refractivity contribution in [3.8, 4) is 0 Å². The number of rotatable bonds is 5. The van der Waals surface area contributed by atoms with E-state index in [9.17, 15) is 9.18 Å². The fourth-order valence-electron chi connectivity index (χ4n) is 1.71. The highest BCUT2D eigenvalue weighted by atomic mass is 127. The zero-order valence-electron chi connectivity index (χ0n) is 10.5. The summed E-state index contributed by atoms with van der Waals surface area (Å²) in [6.07, 6.45) is 0.730. The van der Waals surface area contributed by atoms with Crippen LogP contribution in [-0.4, -0.2) is 12.5 Å². The van der Waals surface area contributed by atoms with Crippen LogP contribution in [0.1, 0.15) is 20.3 Å². The number of halogens is 2. The molecule has 1 amide bonds. The van der Waals surface area contributed by atoms with Crippen LogP contribution in [0.15, 0.2) is 18.2 Å². The summed E-state index contributed by atoms with van der Waals surface area (Å²) in [7, 11) is 0. The molecule has 0 aliphatic heterocycles. The Kier molecular flexibility index (Phi) is 6.01. The van der Waals surface area contributed by atoms with Gasteiger partial charge in [0.15, 0.2) is 0 Å². The molecule has 0 heterocycles. The highest BCUT2D eigenvalue weighted by molar-refractivity contribution is 14.1. The SMILES string of the molecule is CC(C)CC(CN)C(=O)Nc1cccc(F)c1I. The van der Waals surface area contributed by atoms with Gasteiger partial charge in [-0.05, 0) is 47.1 Å². The van der Waals surface area contributed by atoms with Crippen molar-refractivity contribution in [2.45, 2.75) is 20.3 Å². The molecule has 1 unspecified atom stereocenters. The van der Waals surface area contributed by atoms with E-state index in [1.54, 1.807) is 12.1 Å². The lowest BCUT2D eigenvalue weighted by atomic mass is 9.96. The van der Waals surface area contributed by atoms with Gasteiger partial charge in [-0.2, -0.15) is 0 Å². The Morgan fingerprint density at radius 3 is 2.72 bits per heavy atom. The number of anilines is 1. The van der Waals surface area contributed by atoms with Gasteiger partial charge in [-0.1, -0.05) is 19.9 Å². The number of hydrogen-bond acceptors (Lipinski definition) is 2. The van der Waals surface area contributed by atoms with E-state index in [1.165, 1.54) is 6.07 Å². The molecule has 3 nitrogen and oxygen atoms in total. The van der Waals surface area contributed by atoms with Crippen molar-refractivity contribution in [2.24, 2.45) is 17.6 Å². The fourth-order valence-corrected chi connectivity index (χ4v) is 2.21. The molecule has 0 bridgehead atoms. The number of nitrogens with two attached hydrogens (primary N) is 1. The van der Waals surface area contributed by atoms with Crippen molar-refractivity contribution in [3.05, 3.63) is 27.6 Å². The first-order chi connectivity index (χ1) is 8.45. The Morgan fingerprint density at radius 2 is 2.17 bits per heavy atom. The van der Waals surface area contributed by atoms with Gasteiger partial charge in [-0.25, -0.2) is 4.39 Å². The fraction of sp³-hybridized carbons (Fsp3) is 0.462. The predicted octanol–water partition coefficient (Wildman–Crippen LogP) is 2.99. The van der Waals surface area contributed by atoms with Gasteiger partial charge in [0.25, 0.3) is 0 Å². The summed E-state index contributed by atoms with van der Waals surface area (Å²) in [6, 6.07) is 4.63. The van der Waals surface area contributed by atoms with Crippen molar-refractivity contribution >= 4 is 34.2 Å². The summed E-state index contributed by atoms with van der Waals surface area (Å²) in [6.45, 7) is 4.39. The topological polar surface area (TPSA) is 55.1 Å². The molecule has 1 aromatic rings. The molecular weight excluding hydrogens is 346 g/mol. The maximum atomic E-state index is 13.3. The molecule has 0 aliphatic rings. The molecule has 5 heteroatoms. The second-order valence-corrected chi connectivity index (χ2v) is 5.73. The third-order valence-corrected chi connectivity index (χ3v) is 3.72. The minimum Gasteiger partial charge on any atom is -0.330 e. The Bertz CT molecular complexity index is 423. The predicted molar refractivity (Wildman–Crippen MR) is 79.7 cm³/mol. The summed E-state index contributed by atoms with van der Waals surface area (Å²) < 4.78 is 13.8. The highest BCUT2D eigenvalue weighted by Gasteiger charge is 2.19. The standard InChI is InChI=1S/C13H18FIN2O/c1-8(2)6-9(7-16)13(18)17-11-5-3-4-10(14)12(11)15/h3-5,8-9H,6-7,16H2,1-2H3,(H,17,18). The Balaban J connectivity index is 2.77. The van der Waals surface area contributed by atoms with Crippen LogP contribution < -0.4 is 11.1 Å². The van der Waals surface area contributed by atoms with Gasteiger partial charge in [0.2, 0.25) is 5.91 Å². The van der Waals surface area contributed by atoms with Crippen molar-refractivity contribution in [1.29, 1.82) is 0 Å². The molecule has 0 fully saturated rings. The number of amides is 1. The lowest BCUT2D eigenvalue weighted by molar-refractivity contribution is -0.120. The average molecular weight is 364 g/mol. The highest BCUT2D eigenvalue weighted by Crippen LogP contribution is 2.22. The monoisotopic (exact) mass is 364 g/mol. The molecule has 1 atom stereocenters. The van der Waals surface area contributed by atoms with Gasteiger partial charge < -0.3 is 11.1 Å². The zero-order chi connectivity index (χ0) is 13.7. The molecule has 1 rings (SSSR count). The summed E-state index contributed by atoms with van der Waals surface area (Å²) in [5.41, 5.74) is 6.11. The molecule has 3 N–H and O–H groups in total. The number of carbonyl (C=O) groups is 1. The summed E-state index contributed by atoms with van der Waals surface area (Å²) in [4.78, 5) is 12.0. The van der Waals surface area contributed by atoms with Crippen LogP contribution in [0.5, 0.6) is 0 Å². The van der Waals surface area contributed by atoms with Crippen LogP contribution in [0.3, 0.4) is 0 Å². The summed E-state index contributed by atoms with van der Waals surface area (Å²) in [5, 5.41) is 2.74. The maximum absolute atomic E-state index is 13.3. The van der Waals surface area contributed by atoms with Gasteiger partial charge in [0.1, 0.15) is 5.82 Å². The van der Waals surface area contributed by atoms with Crippen LogP contribution in [0.25, 0.3) is 0 Å². The molecule has 1 aromatic carbocycles. The molecule has 0 aromatic heterocycles. The number of carbonyl (C=O) groups excluding carboxylic acids is 1. The normalized spacial score (nSPS) is 12.6. The Morgan fingerprint density at radius 1 is 1.50 bits per heavy atom. The van der Waals surface area contributed by atoms with Crippen molar-refractivity contribution in [3.63, 3.8) is 0 Å². The molecule has 0 saturated heterocycles. The molecule has 0 spiro atoms. The number of benzene rings is 1. The minimum absolute atomic E-state index is 0.144. The molecule has 0 saturated carbocycles. The molecule has 0 aliphatic carbocycles. The van der Waals surface area contributed by atoms with Gasteiger partial charge in [-0.15, -0.1) is 0 Å². The molecule has 100 valence electrons. The van der Waals surface area contributed by atoms with Crippen molar-refractivity contribution in [2.75, 3.05) is 11.9 Å². The van der Waals surface area contributed by atoms with E-state index in [-0.39, 0.29) is 17.6 Å². The van der Waals surface area contributed by atoms with Crippen LogP contribution in [0.2, 0.25) is 0 Å². The van der Waals surface area contributed by atoms with E-state index >= 15 is 0 Å². The first-order valence-corrected chi connectivity index (χ1v) is 6.98.